The summed E-state index contributed by atoms with van der Waals surface area (Å²) in [5, 5.41) is 0.760. The van der Waals surface area contributed by atoms with Gasteiger partial charge in [0.25, 0.3) is 0 Å². The van der Waals surface area contributed by atoms with E-state index in [1.165, 1.54) is 11.6 Å². The molecule has 1 aliphatic rings. The summed E-state index contributed by atoms with van der Waals surface area (Å²) < 4.78 is 13.9. The van der Waals surface area contributed by atoms with E-state index in [-0.39, 0.29) is 11.9 Å². The van der Waals surface area contributed by atoms with Crippen LogP contribution in [0.4, 0.5) is 4.39 Å². The van der Waals surface area contributed by atoms with Crippen LogP contribution in [0.2, 0.25) is 5.02 Å². The molecule has 0 bridgehead atoms. The van der Waals surface area contributed by atoms with Gasteiger partial charge in [-0.15, -0.1) is 0 Å². The second kappa shape index (κ2) is 7.43. The summed E-state index contributed by atoms with van der Waals surface area (Å²) in [4.78, 5) is 2.27. The van der Waals surface area contributed by atoms with E-state index in [0.29, 0.717) is 12.5 Å². The lowest BCUT2D eigenvalue weighted by molar-refractivity contribution is 0.148. The number of likely N-dealkylation sites (tertiary alicyclic amines) is 1. The quantitative estimate of drug-likeness (QED) is 0.921. The molecule has 2 aromatic rings. The fraction of sp³-hybridized carbons (Fsp3) is 0.368. The van der Waals surface area contributed by atoms with Crippen LogP contribution in [-0.2, 0) is 13.0 Å². The van der Waals surface area contributed by atoms with E-state index in [9.17, 15) is 4.39 Å². The maximum atomic E-state index is 13.9. The van der Waals surface area contributed by atoms with E-state index in [1.807, 2.05) is 24.3 Å². The van der Waals surface area contributed by atoms with Gasteiger partial charge in [-0.25, -0.2) is 4.39 Å². The molecule has 0 radical (unpaired) electrons. The third kappa shape index (κ3) is 4.54. The third-order valence-electron chi connectivity index (χ3n) is 4.43. The van der Waals surface area contributed by atoms with Crippen molar-refractivity contribution in [3.05, 3.63) is 70.5 Å². The minimum atomic E-state index is -0.138. The summed E-state index contributed by atoms with van der Waals surface area (Å²) in [6, 6.07) is 15.1. The number of benzene rings is 2. The van der Waals surface area contributed by atoms with Gasteiger partial charge >= 0.3 is 0 Å². The molecule has 3 rings (SSSR count). The second-order valence-electron chi connectivity index (χ2n) is 6.48. The van der Waals surface area contributed by atoms with Crippen LogP contribution in [0.25, 0.3) is 0 Å². The monoisotopic (exact) mass is 332 g/mol. The Hall–Kier alpha value is -1.42. The number of hydrogen-bond donors (Lipinski definition) is 1. The van der Waals surface area contributed by atoms with Gasteiger partial charge < -0.3 is 5.73 Å². The zero-order valence-electron chi connectivity index (χ0n) is 13.1. The van der Waals surface area contributed by atoms with E-state index in [0.717, 1.165) is 36.5 Å². The molecule has 2 atom stereocenters. The van der Waals surface area contributed by atoms with Crippen molar-refractivity contribution in [3.63, 3.8) is 0 Å². The van der Waals surface area contributed by atoms with Gasteiger partial charge in [0.15, 0.2) is 0 Å². The highest BCUT2D eigenvalue weighted by Crippen LogP contribution is 2.23. The fourth-order valence-corrected chi connectivity index (χ4v) is 3.57. The van der Waals surface area contributed by atoms with Crippen molar-refractivity contribution in [1.29, 1.82) is 0 Å². The van der Waals surface area contributed by atoms with Crippen molar-refractivity contribution < 1.29 is 4.39 Å². The highest BCUT2D eigenvalue weighted by molar-refractivity contribution is 6.30. The molecule has 1 saturated heterocycles. The molecule has 1 aliphatic heterocycles. The SMILES string of the molecule is NC1CC(Cc2ccc(Cl)cc2)CN(Cc2ccccc2F)C1. The first-order valence-electron chi connectivity index (χ1n) is 8.06. The number of nitrogens with two attached hydrogens (primary N) is 1. The molecular formula is C19H22ClFN2. The summed E-state index contributed by atoms with van der Waals surface area (Å²) in [5.74, 6) is 0.354. The zero-order valence-corrected chi connectivity index (χ0v) is 13.8. The van der Waals surface area contributed by atoms with Gasteiger partial charge in [-0.1, -0.05) is 41.9 Å². The summed E-state index contributed by atoms with van der Waals surface area (Å²) in [6.45, 7) is 2.40. The predicted octanol–water partition coefficient (Wildman–Crippen LogP) is 3.87. The molecule has 0 saturated carbocycles. The first-order chi connectivity index (χ1) is 11.1. The molecule has 0 amide bonds. The van der Waals surface area contributed by atoms with Crippen molar-refractivity contribution in [2.24, 2.45) is 11.7 Å². The highest BCUT2D eigenvalue weighted by atomic mass is 35.5. The number of piperidine rings is 1. The van der Waals surface area contributed by atoms with E-state index in [2.05, 4.69) is 17.0 Å². The van der Waals surface area contributed by atoms with Crippen LogP contribution in [0.5, 0.6) is 0 Å². The lowest BCUT2D eigenvalue weighted by Gasteiger charge is -2.36. The maximum Gasteiger partial charge on any atom is 0.127 e. The Balaban J connectivity index is 1.64. The molecule has 2 nitrogen and oxygen atoms in total. The Kier molecular flexibility index (Phi) is 5.31. The van der Waals surface area contributed by atoms with Gasteiger partial charge in [-0.3, -0.25) is 4.90 Å². The average Bonchev–Trinajstić information content (AvgIpc) is 2.51. The van der Waals surface area contributed by atoms with Crippen molar-refractivity contribution in [2.45, 2.75) is 25.4 Å². The second-order valence-corrected chi connectivity index (χ2v) is 6.91. The minimum Gasteiger partial charge on any atom is -0.327 e. The van der Waals surface area contributed by atoms with E-state index in [1.54, 1.807) is 6.07 Å². The number of hydrogen-bond acceptors (Lipinski definition) is 2. The molecule has 0 spiro atoms. The first kappa shape index (κ1) is 16.4. The normalized spacial score (nSPS) is 22.2. The summed E-state index contributed by atoms with van der Waals surface area (Å²) >= 11 is 5.94. The topological polar surface area (TPSA) is 29.3 Å². The lowest BCUT2D eigenvalue weighted by atomic mass is 9.89. The largest absolute Gasteiger partial charge is 0.327 e. The maximum absolute atomic E-state index is 13.9. The Bertz CT molecular complexity index is 644. The van der Waals surface area contributed by atoms with Crippen molar-refractivity contribution in [3.8, 4) is 0 Å². The molecular weight excluding hydrogens is 311 g/mol. The Morgan fingerprint density at radius 2 is 1.83 bits per heavy atom. The highest BCUT2D eigenvalue weighted by Gasteiger charge is 2.25. The molecule has 1 fully saturated rings. The van der Waals surface area contributed by atoms with E-state index < -0.39 is 0 Å². The van der Waals surface area contributed by atoms with E-state index >= 15 is 0 Å². The van der Waals surface area contributed by atoms with Crippen LogP contribution in [-0.4, -0.2) is 24.0 Å². The summed E-state index contributed by atoms with van der Waals surface area (Å²) in [7, 11) is 0. The zero-order chi connectivity index (χ0) is 16.2. The van der Waals surface area contributed by atoms with Crippen molar-refractivity contribution >= 4 is 11.6 Å². The van der Waals surface area contributed by atoms with Gasteiger partial charge in [0, 0.05) is 36.3 Å². The first-order valence-corrected chi connectivity index (χ1v) is 8.44. The molecule has 0 aromatic heterocycles. The van der Waals surface area contributed by atoms with Gasteiger partial charge in [0.2, 0.25) is 0 Å². The Morgan fingerprint density at radius 3 is 2.57 bits per heavy atom. The summed E-state index contributed by atoms with van der Waals surface area (Å²) in [6.07, 6.45) is 2.00. The molecule has 0 aliphatic carbocycles. The molecule has 4 heteroatoms. The van der Waals surface area contributed by atoms with Crippen LogP contribution < -0.4 is 5.73 Å². The van der Waals surface area contributed by atoms with Crippen LogP contribution in [0.1, 0.15) is 17.5 Å². The van der Waals surface area contributed by atoms with Crippen LogP contribution in [0, 0.1) is 11.7 Å². The number of halogens is 2. The van der Waals surface area contributed by atoms with Gasteiger partial charge in [0.05, 0.1) is 0 Å². The minimum absolute atomic E-state index is 0.138. The van der Waals surface area contributed by atoms with Gasteiger partial charge in [0.1, 0.15) is 5.82 Å². The fourth-order valence-electron chi connectivity index (χ4n) is 3.45. The Labute approximate surface area is 142 Å². The van der Waals surface area contributed by atoms with Crippen molar-refractivity contribution in [2.75, 3.05) is 13.1 Å². The number of nitrogens with zero attached hydrogens (tertiary/aromatic N) is 1. The van der Waals surface area contributed by atoms with Crippen LogP contribution in [0.3, 0.4) is 0 Å². The predicted molar refractivity (Wildman–Crippen MR) is 92.9 cm³/mol. The molecule has 1 heterocycles. The van der Waals surface area contributed by atoms with Crippen LogP contribution >= 0.6 is 11.6 Å². The molecule has 2 aromatic carbocycles. The smallest absolute Gasteiger partial charge is 0.127 e. The summed E-state index contributed by atoms with van der Waals surface area (Å²) in [5.41, 5.74) is 8.25. The molecule has 2 unspecified atom stereocenters. The Morgan fingerprint density at radius 1 is 1.09 bits per heavy atom. The van der Waals surface area contributed by atoms with E-state index in [4.69, 9.17) is 17.3 Å². The van der Waals surface area contributed by atoms with Crippen molar-refractivity contribution in [1.82, 2.24) is 4.90 Å². The standard InChI is InChI=1S/C19H22ClFN2/c20-17-7-5-14(6-8-17)9-15-10-18(22)13-23(11-15)12-16-3-1-2-4-19(16)21/h1-8,15,18H,9-13,22H2. The lowest BCUT2D eigenvalue weighted by Crippen LogP contribution is -2.47. The van der Waals surface area contributed by atoms with Gasteiger partial charge in [-0.2, -0.15) is 0 Å². The average molecular weight is 333 g/mol. The molecule has 122 valence electrons. The van der Waals surface area contributed by atoms with Crippen LogP contribution in [0.15, 0.2) is 48.5 Å². The number of rotatable bonds is 4. The third-order valence-corrected chi connectivity index (χ3v) is 4.69. The molecule has 2 N–H and O–H groups in total. The van der Waals surface area contributed by atoms with Gasteiger partial charge in [-0.05, 0) is 42.5 Å². The molecule has 23 heavy (non-hydrogen) atoms.